The lowest BCUT2D eigenvalue weighted by molar-refractivity contribution is -0.163. The molecule has 16 heteroatoms. The number of benzene rings is 2. The van der Waals surface area contributed by atoms with Gasteiger partial charge in [-0.1, -0.05) is 88.9 Å². The van der Waals surface area contributed by atoms with Gasteiger partial charge in [0.1, 0.15) is 42.3 Å². The maximum atomic E-state index is 14.1. The Kier molecular flexibility index (Phi) is 9.36. The van der Waals surface area contributed by atoms with Gasteiger partial charge in [0.05, 0.1) is 5.75 Å². The third-order valence-corrected chi connectivity index (χ3v) is 10.4. The van der Waals surface area contributed by atoms with Crippen molar-refractivity contribution in [1.82, 2.24) is 25.4 Å². The summed E-state index contributed by atoms with van der Waals surface area (Å²) in [5, 5.41) is 16.6. The van der Waals surface area contributed by atoms with Gasteiger partial charge in [-0.05, 0) is 29.9 Å². The lowest BCUT2D eigenvalue weighted by Crippen LogP contribution is -2.73. The van der Waals surface area contributed by atoms with Gasteiger partial charge in [0.15, 0.2) is 27.0 Å². The molecule has 2 atom stereocenters. The zero-order valence-corrected chi connectivity index (χ0v) is 27.7. The van der Waals surface area contributed by atoms with E-state index >= 15 is 0 Å². The number of amides is 2. The smallest absolute Gasteiger partial charge is 0.359 e. The number of anilines is 1. The normalized spacial score (nSPS) is 19.0. The number of oxime groups is 1. The molecular weight excluding hydrogens is 675 g/mol. The molecule has 0 bridgehead atoms. The molecule has 13 nitrogen and oxygen atoms in total. The van der Waals surface area contributed by atoms with Gasteiger partial charge in [0.25, 0.3) is 11.8 Å². The molecule has 48 heavy (non-hydrogen) atoms. The number of carbonyl (C=O) groups is 3. The minimum Gasteiger partial charge on any atom is -0.492 e. The number of nitrogens with two attached hydrogens (primary N) is 1. The summed E-state index contributed by atoms with van der Waals surface area (Å²) in [5.41, 5.74) is 9.06. The monoisotopic (exact) mass is 703 g/mol. The topological polar surface area (TPSA) is 171 Å². The van der Waals surface area contributed by atoms with Gasteiger partial charge in [-0.2, -0.15) is 0 Å². The fraction of sp³-hybridized carbons (Fsp3) is 0.281. The first kappa shape index (κ1) is 31.8. The van der Waals surface area contributed by atoms with Crippen LogP contribution in [0.2, 0.25) is 0 Å². The summed E-state index contributed by atoms with van der Waals surface area (Å²) in [5.74, 6) is -1.01. The minimum absolute atomic E-state index is 0.0236. The summed E-state index contributed by atoms with van der Waals surface area (Å²) in [6.45, 7) is 0.415. The number of aromatic nitrogens is 3. The number of ether oxygens (including phenoxy) is 2. The molecule has 3 aliphatic rings. The maximum absolute atomic E-state index is 14.1. The van der Waals surface area contributed by atoms with Crippen molar-refractivity contribution in [2.45, 2.75) is 35.4 Å². The van der Waals surface area contributed by atoms with Crippen molar-refractivity contribution in [3.05, 3.63) is 99.8 Å². The molecule has 1 saturated heterocycles. The Morgan fingerprint density at radius 3 is 2.46 bits per heavy atom. The molecule has 1 aliphatic carbocycles. The highest BCUT2D eigenvalue weighted by Crippen LogP contribution is 2.37. The van der Waals surface area contributed by atoms with Gasteiger partial charge in [0.2, 0.25) is 0 Å². The van der Waals surface area contributed by atoms with Crippen molar-refractivity contribution < 1.29 is 28.7 Å². The number of fused-ring (bicyclic) bond motifs is 1. The molecule has 2 aliphatic heterocycles. The highest BCUT2D eigenvalue weighted by atomic mass is 32.2. The molecule has 246 valence electrons. The fourth-order valence-corrected chi connectivity index (χ4v) is 7.25. The molecule has 2 fully saturated rings. The molecule has 0 spiro atoms. The van der Waals surface area contributed by atoms with Crippen molar-refractivity contribution in [1.29, 1.82) is 0 Å². The van der Waals surface area contributed by atoms with Crippen molar-refractivity contribution >= 4 is 63.1 Å². The molecule has 2 amide bonds. The van der Waals surface area contributed by atoms with Crippen molar-refractivity contribution in [3.8, 4) is 0 Å². The second kappa shape index (κ2) is 14.1. The second-order valence-corrected chi connectivity index (χ2v) is 14.1. The summed E-state index contributed by atoms with van der Waals surface area (Å²) in [6, 6.07) is 17.0. The molecule has 3 N–H and O–H groups in total. The lowest BCUT2D eigenvalue weighted by atomic mass is 9.92. The molecule has 7 rings (SSSR count). The van der Waals surface area contributed by atoms with E-state index in [-0.39, 0.29) is 40.4 Å². The predicted octanol–water partition coefficient (Wildman–Crippen LogP) is 3.77. The highest BCUT2D eigenvalue weighted by Gasteiger charge is 2.55. The first-order valence-electron chi connectivity index (χ1n) is 15.1. The van der Waals surface area contributed by atoms with E-state index in [0.717, 1.165) is 35.3 Å². The van der Waals surface area contributed by atoms with Crippen molar-refractivity contribution in [2.75, 3.05) is 24.7 Å². The van der Waals surface area contributed by atoms with Gasteiger partial charge < -0.3 is 25.4 Å². The van der Waals surface area contributed by atoms with Crippen molar-refractivity contribution in [2.24, 2.45) is 11.1 Å². The largest absolute Gasteiger partial charge is 0.492 e. The molecular formula is C32H29N7O6S3. The van der Waals surface area contributed by atoms with E-state index < -0.39 is 36.0 Å². The standard InChI is InChI=1S/C32H29N7O6S3/c33-31-35-21(15-46-31)24(38-44-13-18-11-12-18)28(40)36-25-22-14-43-23(16-47-32-37-34-17-48-32)26(39(22)29(25)41)30(42)45-27(19-7-3-1-4-8-19)20-9-5-2-6-10-20/h1-10,15,17-18,22,25,27H,11-14,16H2,(H2,33,35)(H,36,40)/b38-24-. The molecule has 1 saturated carbocycles. The number of thioether (sulfide) groups is 1. The number of thiazole rings is 1. The van der Waals surface area contributed by atoms with Gasteiger partial charge in [-0.15, -0.1) is 21.5 Å². The number of rotatable bonds is 13. The lowest BCUT2D eigenvalue weighted by Gasteiger charge is -2.49. The molecule has 0 radical (unpaired) electrons. The van der Waals surface area contributed by atoms with Crippen LogP contribution >= 0.6 is 34.4 Å². The number of nitrogens with one attached hydrogen (secondary N) is 1. The summed E-state index contributed by atoms with van der Waals surface area (Å²) in [4.78, 5) is 52.4. The molecule has 2 unspecified atom stereocenters. The molecule has 2 aromatic carbocycles. The van der Waals surface area contributed by atoms with Crippen LogP contribution in [0, 0.1) is 5.92 Å². The van der Waals surface area contributed by atoms with E-state index in [2.05, 4.69) is 25.7 Å². The van der Waals surface area contributed by atoms with E-state index in [0.29, 0.717) is 16.9 Å². The number of carbonyl (C=O) groups excluding carboxylic acids is 3. The van der Waals surface area contributed by atoms with Gasteiger partial charge in [-0.3, -0.25) is 14.5 Å². The zero-order chi connectivity index (χ0) is 33.0. The van der Waals surface area contributed by atoms with Crippen molar-refractivity contribution in [3.63, 3.8) is 0 Å². The SMILES string of the molecule is Nc1nc(/C(=N/OCC2CC2)C(=O)NC2C(=O)N3C(C(=O)OC(c4ccccc4)c4ccccc4)=C(CSc4nncs4)OCC23)cs1. The summed E-state index contributed by atoms with van der Waals surface area (Å²) < 4.78 is 13.0. The van der Waals surface area contributed by atoms with Crippen LogP contribution in [-0.2, 0) is 28.7 Å². The van der Waals surface area contributed by atoms with Crippen LogP contribution in [0.15, 0.2) is 92.5 Å². The van der Waals surface area contributed by atoms with Crippen LogP contribution in [-0.4, -0.2) is 74.6 Å². The Bertz CT molecular complexity index is 1810. The van der Waals surface area contributed by atoms with E-state index in [9.17, 15) is 14.4 Å². The van der Waals surface area contributed by atoms with Crippen LogP contribution in [0.5, 0.6) is 0 Å². The predicted molar refractivity (Wildman–Crippen MR) is 179 cm³/mol. The Morgan fingerprint density at radius 2 is 1.83 bits per heavy atom. The summed E-state index contributed by atoms with van der Waals surface area (Å²) in [6.07, 6.45) is 1.34. The average molecular weight is 704 g/mol. The summed E-state index contributed by atoms with van der Waals surface area (Å²) in [7, 11) is 0. The third kappa shape index (κ3) is 6.90. The highest BCUT2D eigenvalue weighted by molar-refractivity contribution is 8.01. The van der Waals surface area contributed by atoms with Crippen LogP contribution in [0.1, 0.15) is 35.8 Å². The Labute approximate surface area is 287 Å². The van der Waals surface area contributed by atoms with Gasteiger partial charge in [0, 0.05) is 5.38 Å². The van der Waals surface area contributed by atoms with E-state index in [1.807, 2.05) is 60.7 Å². The van der Waals surface area contributed by atoms with E-state index in [4.69, 9.17) is 20.0 Å². The quantitative estimate of drug-likeness (QED) is 0.0683. The van der Waals surface area contributed by atoms with Crippen LogP contribution in [0.3, 0.4) is 0 Å². The van der Waals surface area contributed by atoms with Gasteiger partial charge in [-0.25, -0.2) is 9.78 Å². The first-order valence-corrected chi connectivity index (χ1v) is 17.8. The third-order valence-electron chi connectivity index (χ3n) is 7.87. The first-order chi connectivity index (χ1) is 23.5. The molecule has 4 aromatic rings. The fourth-order valence-electron chi connectivity index (χ4n) is 5.26. The average Bonchev–Trinajstić information content (AvgIpc) is 3.59. The van der Waals surface area contributed by atoms with Crippen LogP contribution < -0.4 is 11.1 Å². The Morgan fingerprint density at radius 1 is 1.10 bits per heavy atom. The number of nitrogens with zero attached hydrogens (tertiary/aromatic N) is 5. The zero-order valence-electron chi connectivity index (χ0n) is 25.3. The molecule has 2 aromatic heterocycles. The van der Waals surface area contributed by atoms with E-state index in [1.165, 1.54) is 28.0 Å². The number of hydrogen-bond donors (Lipinski definition) is 2. The maximum Gasteiger partial charge on any atom is 0.359 e. The molecule has 4 heterocycles. The number of nitrogen functional groups attached to an aromatic ring is 1. The van der Waals surface area contributed by atoms with Gasteiger partial charge >= 0.3 is 5.97 Å². The number of hydrogen-bond acceptors (Lipinski definition) is 14. The van der Waals surface area contributed by atoms with E-state index in [1.54, 1.807) is 10.9 Å². The second-order valence-electron chi connectivity index (χ2n) is 11.2. The van der Waals surface area contributed by atoms with Crippen LogP contribution in [0.25, 0.3) is 0 Å². The van der Waals surface area contributed by atoms with Crippen LogP contribution in [0.4, 0.5) is 5.13 Å². The minimum atomic E-state index is -0.999. The Hall–Kier alpha value is -4.80. The Balaban J connectivity index is 1.14. The number of β-lactam (4-membered cyclic amide) rings is 1. The summed E-state index contributed by atoms with van der Waals surface area (Å²) >= 11 is 3.83. The number of esters is 1.